The zero-order valence-electron chi connectivity index (χ0n) is 20.2. The molecule has 0 aliphatic carbocycles. The molecule has 1 N–H and O–H groups in total. The summed E-state index contributed by atoms with van der Waals surface area (Å²) in [6.07, 6.45) is 4.33. The smallest absolute Gasteiger partial charge is 0.247 e. The van der Waals surface area contributed by atoms with Crippen LogP contribution in [-0.2, 0) is 0 Å². The van der Waals surface area contributed by atoms with Crippen molar-refractivity contribution >= 4 is 28.2 Å². The highest BCUT2D eigenvalue weighted by Gasteiger charge is 2.29. The fourth-order valence-electron chi connectivity index (χ4n) is 4.36. The highest BCUT2D eigenvalue weighted by Crippen LogP contribution is 2.43. The van der Waals surface area contributed by atoms with E-state index in [1.165, 1.54) is 19.3 Å². The van der Waals surface area contributed by atoms with Gasteiger partial charge in [0.05, 0.1) is 12.2 Å². The first kappa shape index (κ1) is 23.4. The van der Waals surface area contributed by atoms with E-state index in [0.717, 1.165) is 45.5 Å². The average Bonchev–Trinajstić information content (AvgIpc) is 3.05. The van der Waals surface area contributed by atoms with Gasteiger partial charge < -0.3 is 14.8 Å². The van der Waals surface area contributed by atoms with Gasteiger partial charge in [0.25, 0.3) is 0 Å². The lowest BCUT2D eigenvalue weighted by atomic mass is 10.0. The van der Waals surface area contributed by atoms with Crippen LogP contribution in [0.25, 0.3) is 22.0 Å². The highest BCUT2D eigenvalue weighted by atomic mass is 32.2. The molecule has 0 saturated heterocycles. The zero-order valence-corrected chi connectivity index (χ0v) is 21.0. The number of hydrogen-bond donors (Lipinski definition) is 1. The van der Waals surface area contributed by atoms with E-state index in [9.17, 15) is 0 Å². The number of hydrogen-bond acceptors (Lipinski definition) is 7. The first-order valence-electron chi connectivity index (χ1n) is 12.3. The molecular weight excluding hydrogens is 456 g/mol. The van der Waals surface area contributed by atoms with Gasteiger partial charge in [-0.05, 0) is 36.2 Å². The maximum Gasteiger partial charge on any atom is 0.247 e. The van der Waals surface area contributed by atoms with E-state index in [4.69, 9.17) is 14.5 Å². The molecule has 0 bridgehead atoms. The van der Waals surface area contributed by atoms with Crippen molar-refractivity contribution in [2.45, 2.75) is 50.9 Å². The van der Waals surface area contributed by atoms with Gasteiger partial charge in [0.15, 0.2) is 5.69 Å². The fraction of sp³-hybridized carbons (Fsp3) is 0.321. The van der Waals surface area contributed by atoms with Gasteiger partial charge in [0.1, 0.15) is 5.75 Å². The second kappa shape index (κ2) is 11.0. The molecule has 6 nitrogen and oxygen atoms in total. The van der Waals surface area contributed by atoms with Gasteiger partial charge in [0.2, 0.25) is 17.3 Å². The molecule has 3 aromatic carbocycles. The van der Waals surface area contributed by atoms with Crippen LogP contribution in [0.4, 0.5) is 5.69 Å². The maximum atomic E-state index is 6.59. The summed E-state index contributed by atoms with van der Waals surface area (Å²) in [6.45, 7) is 4.78. The molecule has 0 fully saturated rings. The van der Waals surface area contributed by atoms with Gasteiger partial charge in [0, 0.05) is 17.0 Å². The molecular formula is C28H30N4O2S. The number of thioether (sulfide) groups is 1. The van der Waals surface area contributed by atoms with Crippen molar-refractivity contribution < 1.29 is 9.47 Å². The van der Waals surface area contributed by atoms with Crippen molar-refractivity contribution in [2.24, 2.45) is 0 Å². The molecule has 4 aromatic rings. The summed E-state index contributed by atoms with van der Waals surface area (Å²) in [4.78, 5) is 4.81. The Bertz CT molecular complexity index is 1310. The Morgan fingerprint density at radius 2 is 1.80 bits per heavy atom. The van der Waals surface area contributed by atoms with E-state index in [1.807, 2.05) is 49.4 Å². The summed E-state index contributed by atoms with van der Waals surface area (Å²) in [5.74, 6) is 2.24. The summed E-state index contributed by atoms with van der Waals surface area (Å²) < 4.78 is 12.6. The molecule has 7 heteroatoms. The van der Waals surface area contributed by atoms with Crippen molar-refractivity contribution in [3.63, 3.8) is 0 Å². The van der Waals surface area contributed by atoms with Crippen molar-refractivity contribution in [3.05, 3.63) is 66.2 Å². The molecule has 5 rings (SSSR count). The third-order valence-corrected chi connectivity index (χ3v) is 6.98. The van der Waals surface area contributed by atoms with Gasteiger partial charge in [-0.2, -0.15) is 4.98 Å². The van der Waals surface area contributed by atoms with Crippen LogP contribution in [0, 0.1) is 0 Å². The largest absolute Gasteiger partial charge is 0.493 e. The van der Waals surface area contributed by atoms with Crippen molar-refractivity contribution in [1.82, 2.24) is 15.2 Å². The highest BCUT2D eigenvalue weighted by molar-refractivity contribution is 7.99. The van der Waals surface area contributed by atoms with E-state index in [0.29, 0.717) is 23.3 Å². The number of unbranched alkanes of at least 4 members (excludes halogenated alkanes) is 3. The minimum atomic E-state index is -0.510. The molecule has 0 spiro atoms. The molecule has 1 aromatic heterocycles. The van der Waals surface area contributed by atoms with Crippen LogP contribution in [0.2, 0.25) is 0 Å². The van der Waals surface area contributed by atoms with E-state index in [1.54, 1.807) is 11.8 Å². The number of aromatic nitrogens is 3. The molecule has 1 atom stereocenters. The molecule has 0 saturated carbocycles. The third-order valence-electron chi connectivity index (χ3n) is 6.06. The van der Waals surface area contributed by atoms with Crippen molar-refractivity contribution in [1.29, 1.82) is 0 Å². The van der Waals surface area contributed by atoms with Gasteiger partial charge in [-0.15, -0.1) is 10.2 Å². The minimum absolute atomic E-state index is 0.480. The predicted molar refractivity (Wildman–Crippen MR) is 142 cm³/mol. The van der Waals surface area contributed by atoms with Crippen LogP contribution in [-0.4, -0.2) is 27.5 Å². The van der Waals surface area contributed by atoms with Crippen LogP contribution in [0.1, 0.15) is 51.3 Å². The molecule has 180 valence electrons. The van der Waals surface area contributed by atoms with Gasteiger partial charge in [-0.1, -0.05) is 86.5 Å². The topological polar surface area (TPSA) is 69.2 Å². The predicted octanol–water partition coefficient (Wildman–Crippen LogP) is 7.27. The minimum Gasteiger partial charge on any atom is -0.493 e. The summed E-state index contributed by atoms with van der Waals surface area (Å²) in [5, 5.41) is 15.4. The van der Waals surface area contributed by atoms with E-state index < -0.39 is 6.23 Å². The number of rotatable bonds is 9. The average molecular weight is 487 g/mol. The number of benzene rings is 3. The van der Waals surface area contributed by atoms with Crippen LogP contribution < -0.4 is 14.8 Å². The number of ether oxygens (including phenoxy) is 2. The van der Waals surface area contributed by atoms with Gasteiger partial charge in [-0.3, -0.25) is 0 Å². The first-order chi connectivity index (χ1) is 17.3. The Hall–Kier alpha value is -3.32. The normalized spacial score (nSPS) is 14.4. The second-order valence-electron chi connectivity index (χ2n) is 8.48. The molecule has 0 amide bonds. The summed E-state index contributed by atoms with van der Waals surface area (Å²) in [5.41, 5.74) is 3.43. The summed E-state index contributed by atoms with van der Waals surface area (Å²) in [7, 11) is 0. The van der Waals surface area contributed by atoms with Crippen LogP contribution >= 0.6 is 11.8 Å². The lowest BCUT2D eigenvalue weighted by molar-refractivity contribution is 0.218. The van der Waals surface area contributed by atoms with Gasteiger partial charge in [-0.25, -0.2) is 0 Å². The number of nitrogens with one attached hydrogen (secondary N) is 1. The quantitative estimate of drug-likeness (QED) is 0.197. The summed E-state index contributed by atoms with van der Waals surface area (Å²) >= 11 is 1.63. The standard InChI is InChI=1S/C28H30N4O2S/c1-3-5-6-11-18-35-28-30-27-25(31-32-28)21-14-9-10-15-22(21)29-26(34-27)24-20-13-8-7-12-19(20)16-17-23(24)33-4-2/h7-10,12-17,26,29H,3-6,11,18H2,1-2H3/t26-/m0/s1. The van der Waals surface area contributed by atoms with Crippen molar-refractivity contribution in [2.75, 3.05) is 17.7 Å². The van der Waals surface area contributed by atoms with Crippen LogP contribution in [0.15, 0.2) is 65.8 Å². The second-order valence-corrected chi connectivity index (χ2v) is 9.54. The van der Waals surface area contributed by atoms with E-state index in [-0.39, 0.29) is 0 Å². The molecule has 1 aliphatic heterocycles. The van der Waals surface area contributed by atoms with E-state index in [2.05, 4.69) is 40.6 Å². The van der Waals surface area contributed by atoms with Crippen LogP contribution in [0.3, 0.4) is 0 Å². The Balaban J connectivity index is 1.56. The molecule has 0 unspecified atom stereocenters. The Kier molecular flexibility index (Phi) is 7.33. The first-order valence-corrected chi connectivity index (χ1v) is 13.3. The Morgan fingerprint density at radius 1 is 0.943 bits per heavy atom. The lowest BCUT2D eigenvalue weighted by Crippen LogP contribution is -2.19. The van der Waals surface area contributed by atoms with Crippen molar-refractivity contribution in [3.8, 4) is 22.9 Å². The van der Waals surface area contributed by atoms with Gasteiger partial charge >= 0.3 is 0 Å². The lowest BCUT2D eigenvalue weighted by Gasteiger charge is -2.23. The Labute approximate surface area is 210 Å². The molecule has 1 aliphatic rings. The van der Waals surface area contributed by atoms with Crippen LogP contribution in [0.5, 0.6) is 11.6 Å². The third kappa shape index (κ3) is 5.05. The number of nitrogens with zero attached hydrogens (tertiary/aromatic N) is 3. The molecule has 35 heavy (non-hydrogen) atoms. The fourth-order valence-corrected chi connectivity index (χ4v) is 5.14. The maximum absolute atomic E-state index is 6.59. The zero-order chi connectivity index (χ0) is 24.0. The molecule has 2 heterocycles. The van der Waals surface area contributed by atoms with E-state index >= 15 is 0 Å². The Morgan fingerprint density at radius 3 is 2.69 bits per heavy atom. The number of fused-ring (bicyclic) bond motifs is 4. The summed E-state index contributed by atoms with van der Waals surface area (Å²) in [6, 6.07) is 20.4. The SMILES string of the molecule is CCCCCCSc1nnc2c(n1)O[C@@H](c1c(OCC)ccc3ccccc13)Nc1ccccc1-2. The molecule has 0 radical (unpaired) electrons. The monoisotopic (exact) mass is 486 g/mol. The number of anilines is 1. The number of para-hydroxylation sites is 1.